The Bertz CT molecular complexity index is 1290. The molecule has 0 aliphatic heterocycles. The summed E-state index contributed by atoms with van der Waals surface area (Å²) in [6.45, 7) is 14.6. The smallest absolute Gasteiger partial charge is 0.162 e. The number of carbonyl (C=O) groups excluding carboxylic acids is 1. The van der Waals surface area contributed by atoms with Gasteiger partial charge in [-0.05, 0) is 91.3 Å². The first-order valence-corrected chi connectivity index (χ1v) is 16.6. The van der Waals surface area contributed by atoms with Crippen LogP contribution in [0.2, 0.25) is 0 Å². The maximum atomic E-state index is 11.7. The van der Waals surface area contributed by atoms with E-state index in [-0.39, 0.29) is 50.9 Å². The van der Waals surface area contributed by atoms with Crippen LogP contribution in [-0.2, 0) is 24.9 Å². The van der Waals surface area contributed by atoms with Gasteiger partial charge in [-0.25, -0.2) is 0 Å². The van der Waals surface area contributed by atoms with E-state index in [4.69, 9.17) is 4.98 Å². The molecule has 3 nitrogen and oxygen atoms in total. The summed E-state index contributed by atoms with van der Waals surface area (Å²) in [6, 6.07) is 17.1. The third-order valence-corrected chi connectivity index (χ3v) is 9.29. The zero-order valence-corrected chi connectivity index (χ0v) is 30.0. The van der Waals surface area contributed by atoms with Crippen LogP contribution in [-0.4, -0.2) is 15.9 Å². The zero-order chi connectivity index (χ0) is 30.6. The number of aliphatic hydroxyl groups excluding tert-OH is 1. The van der Waals surface area contributed by atoms with Crippen molar-refractivity contribution in [3.05, 3.63) is 77.2 Å². The summed E-state index contributed by atoms with van der Waals surface area (Å²) in [5.41, 5.74) is 6.10. The van der Waals surface area contributed by atoms with Gasteiger partial charge in [-0.15, -0.1) is 34.9 Å². The largest absolute Gasteiger partial charge is 0.512 e. The van der Waals surface area contributed by atoms with Crippen LogP contribution in [0.3, 0.4) is 0 Å². The summed E-state index contributed by atoms with van der Waals surface area (Å²) in [7, 11) is 0. The molecule has 3 aromatic rings. The van der Waals surface area contributed by atoms with E-state index in [0.29, 0.717) is 0 Å². The molecule has 0 atom stereocenters. The molecule has 1 radical (unpaired) electrons. The molecule has 44 heavy (non-hydrogen) atoms. The van der Waals surface area contributed by atoms with E-state index < -0.39 is 0 Å². The molecule has 0 amide bonds. The van der Waals surface area contributed by atoms with Crippen molar-refractivity contribution >= 4 is 16.6 Å². The normalized spacial score (nSPS) is 16.6. The van der Waals surface area contributed by atoms with Crippen molar-refractivity contribution < 1.29 is 30.0 Å². The number of aliphatic hydroxyl groups is 1. The van der Waals surface area contributed by atoms with Gasteiger partial charge in [0.05, 0.1) is 5.76 Å². The Balaban J connectivity index is 0.000000494. The number of nitrogens with zero attached hydrogens (tertiary/aromatic N) is 1. The fourth-order valence-electron chi connectivity index (χ4n) is 6.66. The number of hydrogen-bond acceptors (Lipinski definition) is 3. The van der Waals surface area contributed by atoms with Crippen LogP contribution in [0.15, 0.2) is 54.4 Å². The molecule has 1 fully saturated rings. The van der Waals surface area contributed by atoms with E-state index in [2.05, 4.69) is 63.2 Å². The fourth-order valence-corrected chi connectivity index (χ4v) is 6.66. The maximum absolute atomic E-state index is 11.7. The van der Waals surface area contributed by atoms with Crippen molar-refractivity contribution in [2.75, 3.05) is 0 Å². The van der Waals surface area contributed by atoms with Crippen LogP contribution in [0.1, 0.15) is 129 Å². The minimum absolute atomic E-state index is 0. The van der Waals surface area contributed by atoms with Crippen molar-refractivity contribution in [3.63, 3.8) is 0 Å². The number of benzene rings is 2. The van der Waals surface area contributed by atoms with E-state index in [9.17, 15) is 9.90 Å². The molecule has 1 saturated carbocycles. The van der Waals surface area contributed by atoms with Gasteiger partial charge in [-0.2, -0.15) is 0 Å². The van der Waals surface area contributed by atoms with E-state index in [1.807, 2.05) is 33.9 Å². The SMILES string of the molecule is C.CCC(CC)C(=O)C=C(O)C(CC)CC.CCCC1CCC(c2ccc3c(-c4[c-]c(C)cc(C)c4)nccc3c2)CC1.[Ir]. The van der Waals surface area contributed by atoms with Crippen molar-refractivity contribution in [2.45, 2.75) is 126 Å². The van der Waals surface area contributed by atoms with E-state index in [1.54, 1.807) is 0 Å². The fraction of sp³-hybridized carbons (Fsp3) is 0.550. The molecular formula is C40H58IrNO2-. The third kappa shape index (κ3) is 11.0. The average Bonchev–Trinajstić information content (AvgIpc) is 2.98. The second-order valence-corrected chi connectivity index (χ2v) is 12.4. The van der Waals surface area contributed by atoms with Crippen LogP contribution in [0, 0.1) is 37.7 Å². The molecule has 0 unspecified atom stereocenters. The Labute approximate surface area is 282 Å². The number of carbonyl (C=O) groups is 1. The topological polar surface area (TPSA) is 50.2 Å². The maximum Gasteiger partial charge on any atom is 0.162 e. The molecule has 0 bridgehead atoms. The summed E-state index contributed by atoms with van der Waals surface area (Å²) < 4.78 is 0. The summed E-state index contributed by atoms with van der Waals surface area (Å²) in [5.74, 6) is 2.24. The van der Waals surface area contributed by atoms with E-state index in [0.717, 1.165) is 48.8 Å². The minimum Gasteiger partial charge on any atom is -0.512 e. The van der Waals surface area contributed by atoms with Gasteiger partial charge in [-0.3, -0.25) is 4.79 Å². The summed E-state index contributed by atoms with van der Waals surface area (Å²) in [4.78, 5) is 16.4. The molecular weight excluding hydrogens is 719 g/mol. The molecule has 245 valence electrons. The van der Waals surface area contributed by atoms with E-state index in [1.165, 1.54) is 72.1 Å². The predicted molar refractivity (Wildman–Crippen MR) is 186 cm³/mol. The molecule has 1 aliphatic carbocycles. The molecule has 1 N–H and O–H groups in total. The molecule has 1 aliphatic rings. The first-order chi connectivity index (χ1) is 20.2. The first-order valence-electron chi connectivity index (χ1n) is 16.6. The van der Waals surface area contributed by atoms with Gasteiger partial charge in [0.25, 0.3) is 0 Å². The summed E-state index contributed by atoms with van der Waals surface area (Å²) >= 11 is 0. The summed E-state index contributed by atoms with van der Waals surface area (Å²) in [6.07, 6.45) is 15.1. The van der Waals surface area contributed by atoms with Crippen LogP contribution in [0.5, 0.6) is 0 Å². The molecule has 0 saturated heterocycles. The number of rotatable bonds is 11. The second kappa shape index (κ2) is 20.0. The Morgan fingerprint density at radius 3 is 2.14 bits per heavy atom. The van der Waals surface area contributed by atoms with Crippen molar-refractivity contribution in [1.29, 1.82) is 0 Å². The van der Waals surface area contributed by atoms with Crippen LogP contribution in [0.25, 0.3) is 22.0 Å². The minimum atomic E-state index is 0. The van der Waals surface area contributed by atoms with Crippen LogP contribution < -0.4 is 0 Å². The Morgan fingerprint density at radius 1 is 0.932 bits per heavy atom. The Morgan fingerprint density at radius 2 is 1.57 bits per heavy atom. The van der Waals surface area contributed by atoms with Gasteiger partial charge in [0, 0.05) is 44.2 Å². The Kier molecular flexibility index (Phi) is 18.0. The summed E-state index contributed by atoms with van der Waals surface area (Å²) in [5, 5.41) is 12.3. The van der Waals surface area contributed by atoms with Crippen LogP contribution >= 0.6 is 0 Å². The third-order valence-electron chi connectivity index (χ3n) is 9.29. The monoisotopic (exact) mass is 777 g/mol. The number of fused-ring (bicyclic) bond motifs is 1. The zero-order valence-electron chi connectivity index (χ0n) is 27.6. The standard InChI is InChI=1S/C26H30N.C13H24O2.CH4.Ir/c1-4-5-20-6-8-21(9-7-20)22-10-11-25-23(17-22)12-13-27-26(25)24-15-18(2)14-19(3)16-24;1-5-10(6-2)12(14)9-13(15)11(7-3)8-4;;/h10-15,17,20-21H,4-9H2,1-3H3;9-11,14H,5-8H2,1-4H3;1H4;/q-1;;;. The van der Waals surface area contributed by atoms with Gasteiger partial charge in [0.1, 0.15) is 0 Å². The number of pyridine rings is 1. The van der Waals surface area contributed by atoms with Crippen molar-refractivity contribution in [2.24, 2.45) is 17.8 Å². The van der Waals surface area contributed by atoms with E-state index >= 15 is 0 Å². The number of allylic oxidation sites excluding steroid dienone is 2. The van der Waals surface area contributed by atoms with Gasteiger partial charge in [0.15, 0.2) is 5.78 Å². The first kappa shape index (κ1) is 39.7. The molecule has 0 spiro atoms. The molecule has 4 heteroatoms. The molecule has 1 aromatic heterocycles. The van der Waals surface area contributed by atoms with Crippen molar-refractivity contribution in [1.82, 2.24) is 4.98 Å². The average molecular weight is 777 g/mol. The number of hydrogen-bond donors (Lipinski definition) is 1. The molecule has 4 rings (SSSR count). The number of aromatic nitrogens is 1. The predicted octanol–water partition coefficient (Wildman–Crippen LogP) is 11.9. The molecule has 1 heterocycles. The number of ketones is 1. The van der Waals surface area contributed by atoms with Gasteiger partial charge < -0.3 is 10.1 Å². The Hall–Kier alpha value is -2.29. The molecule has 2 aromatic carbocycles. The second-order valence-electron chi connectivity index (χ2n) is 12.4. The number of aryl methyl sites for hydroxylation is 2. The quantitative estimate of drug-likeness (QED) is 0.120. The van der Waals surface area contributed by atoms with Crippen molar-refractivity contribution in [3.8, 4) is 11.3 Å². The van der Waals surface area contributed by atoms with Gasteiger partial charge >= 0.3 is 0 Å². The van der Waals surface area contributed by atoms with Crippen LogP contribution in [0.4, 0.5) is 0 Å². The van der Waals surface area contributed by atoms with Gasteiger partial charge in [-0.1, -0.05) is 86.9 Å². The van der Waals surface area contributed by atoms with Gasteiger partial charge in [0.2, 0.25) is 0 Å².